The maximum atomic E-state index is 13.4. The van der Waals surface area contributed by atoms with Crippen LogP contribution in [0.5, 0.6) is 0 Å². The predicted molar refractivity (Wildman–Crippen MR) is 130 cm³/mol. The lowest BCUT2D eigenvalue weighted by atomic mass is 9.72. The second-order valence-corrected chi connectivity index (χ2v) is 9.92. The molecular formula is C26H32Cl2N2O. The molecule has 0 bridgehead atoms. The van der Waals surface area contributed by atoms with Crippen LogP contribution in [0.1, 0.15) is 63.4 Å². The number of nitrogens with zero attached hydrogens (tertiary/aromatic N) is 1. The first kappa shape index (κ1) is 22.5. The number of para-hydroxylation sites is 1. The topological polar surface area (TPSA) is 32.3 Å². The molecule has 2 fully saturated rings. The van der Waals surface area contributed by atoms with Gasteiger partial charge in [0.05, 0.1) is 15.7 Å². The molecule has 0 aliphatic heterocycles. The summed E-state index contributed by atoms with van der Waals surface area (Å²) in [5.74, 6) is 1.73. The van der Waals surface area contributed by atoms with Gasteiger partial charge >= 0.3 is 6.03 Å². The zero-order chi connectivity index (χ0) is 21.6. The van der Waals surface area contributed by atoms with E-state index in [1.165, 1.54) is 44.9 Å². The third-order valence-electron chi connectivity index (χ3n) is 7.15. The zero-order valence-corrected chi connectivity index (χ0v) is 19.5. The maximum Gasteiger partial charge on any atom is 0.322 e. The second kappa shape index (κ2) is 10.7. The number of anilines is 1. The van der Waals surface area contributed by atoms with Gasteiger partial charge in [0.25, 0.3) is 0 Å². The number of urea groups is 1. The Hall–Kier alpha value is -1.71. The lowest BCUT2D eigenvalue weighted by Gasteiger charge is -2.40. The van der Waals surface area contributed by atoms with E-state index in [1.807, 2.05) is 23.1 Å². The largest absolute Gasteiger partial charge is 0.322 e. The first-order chi connectivity index (χ1) is 15.1. The number of rotatable bonds is 5. The van der Waals surface area contributed by atoms with Gasteiger partial charge in [-0.3, -0.25) is 0 Å². The summed E-state index contributed by atoms with van der Waals surface area (Å²) in [7, 11) is 0. The van der Waals surface area contributed by atoms with E-state index in [0.29, 0.717) is 22.3 Å². The van der Waals surface area contributed by atoms with E-state index in [2.05, 4.69) is 17.4 Å². The Morgan fingerprint density at radius 3 is 2.06 bits per heavy atom. The van der Waals surface area contributed by atoms with E-state index in [1.54, 1.807) is 18.2 Å². The van der Waals surface area contributed by atoms with Gasteiger partial charge in [-0.2, -0.15) is 0 Å². The maximum absolute atomic E-state index is 13.4. The van der Waals surface area contributed by atoms with Crippen LogP contribution in [-0.2, 0) is 6.54 Å². The van der Waals surface area contributed by atoms with Crippen molar-refractivity contribution in [2.24, 2.45) is 11.8 Å². The molecule has 3 nitrogen and oxygen atoms in total. The summed E-state index contributed by atoms with van der Waals surface area (Å²) in [5, 5.41) is 3.91. The number of halogens is 2. The minimum Gasteiger partial charge on any atom is -0.317 e. The van der Waals surface area contributed by atoms with Gasteiger partial charge in [-0.05, 0) is 55.2 Å². The van der Waals surface area contributed by atoms with E-state index < -0.39 is 0 Å². The third-order valence-corrected chi connectivity index (χ3v) is 7.78. The standard InChI is InChI=1S/C26H32Cl2N2O/c27-23-12-7-13-24(28)25(23)29-26(31)30(18-19-8-3-1-4-9-19)22-16-14-21(15-17-22)20-10-5-2-6-11-20/h1,3-4,7-9,12-13,20-22H,2,5-6,10-11,14-18H2,(H,29,31)/t21-,22+. The normalized spacial score (nSPS) is 22.1. The number of benzene rings is 2. The van der Waals surface area contributed by atoms with Gasteiger partial charge in [0.1, 0.15) is 0 Å². The molecule has 5 heteroatoms. The van der Waals surface area contributed by atoms with Crippen molar-refractivity contribution in [2.45, 2.75) is 70.4 Å². The van der Waals surface area contributed by atoms with Gasteiger partial charge in [0, 0.05) is 12.6 Å². The van der Waals surface area contributed by atoms with Gasteiger partial charge < -0.3 is 10.2 Å². The summed E-state index contributed by atoms with van der Waals surface area (Å²) in [6.07, 6.45) is 11.6. The van der Waals surface area contributed by atoms with Crippen LogP contribution in [-0.4, -0.2) is 17.0 Å². The van der Waals surface area contributed by atoms with Gasteiger partial charge in [-0.15, -0.1) is 0 Å². The predicted octanol–water partition coefficient (Wildman–Crippen LogP) is 8.17. The van der Waals surface area contributed by atoms with Gasteiger partial charge in [-0.1, -0.05) is 91.7 Å². The van der Waals surface area contributed by atoms with Gasteiger partial charge in [0.2, 0.25) is 0 Å². The molecule has 0 aromatic heterocycles. The molecule has 0 radical (unpaired) electrons. The Kier molecular flexibility index (Phi) is 7.79. The van der Waals surface area contributed by atoms with Crippen LogP contribution in [0.2, 0.25) is 10.0 Å². The molecule has 2 aromatic rings. The van der Waals surface area contributed by atoms with Crippen molar-refractivity contribution in [1.82, 2.24) is 4.90 Å². The van der Waals surface area contributed by atoms with Crippen molar-refractivity contribution in [3.63, 3.8) is 0 Å². The van der Waals surface area contributed by atoms with Gasteiger partial charge in [0.15, 0.2) is 0 Å². The third kappa shape index (κ3) is 5.75. The van der Waals surface area contributed by atoms with E-state index in [4.69, 9.17) is 23.2 Å². The summed E-state index contributed by atoms with van der Waals surface area (Å²) >= 11 is 12.6. The Balaban J connectivity index is 1.47. The summed E-state index contributed by atoms with van der Waals surface area (Å²) < 4.78 is 0. The van der Waals surface area contributed by atoms with Crippen molar-refractivity contribution >= 4 is 34.9 Å². The SMILES string of the molecule is O=C(Nc1c(Cl)cccc1Cl)N(Cc1ccccc1)[C@H]1CC[C@@H](C2CCCCC2)CC1. The second-order valence-electron chi connectivity index (χ2n) is 9.11. The summed E-state index contributed by atoms with van der Waals surface area (Å²) in [5.41, 5.74) is 1.63. The lowest BCUT2D eigenvalue weighted by Crippen LogP contribution is -2.44. The molecule has 0 unspecified atom stereocenters. The molecule has 4 rings (SSSR count). The summed E-state index contributed by atoms with van der Waals surface area (Å²) in [4.78, 5) is 15.4. The Morgan fingerprint density at radius 1 is 0.806 bits per heavy atom. The average Bonchev–Trinajstić information content (AvgIpc) is 2.81. The summed E-state index contributed by atoms with van der Waals surface area (Å²) in [6.45, 7) is 0.591. The number of nitrogens with one attached hydrogen (secondary N) is 1. The molecule has 0 heterocycles. The Morgan fingerprint density at radius 2 is 1.42 bits per heavy atom. The first-order valence-electron chi connectivity index (χ1n) is 11.7. The highest BCUT2D eigenvalue weighted by Crippen LogP contribution is 2.40. The smallest absolute Gasteiger partial charge is 0.317 e. The number of carbonyl (C=O) groups is 1. The fraction of sp³-hybridized carbons (Fsp3) is 0.500. The fourth-order valence-corrected chi connectivity index (χ4v) is 5.93. The first-order valence-corrected chi connectivity index (χ1v) is 12.4. The fourth-order valence-electron chi connectivity index (χ4n) is 5.43. The Labute approximate surface area is 196 Å². The van der Waals surface area contributed by atoms with Crippen LogP contribution >= 0.6 is 23.2 Å². The Bertz CT molecular complexity index is 839. The molecule has 2 saturated carbocycles. The van der Waals surface area contributed by atoms with Crippen LogP contribution < -0.4 is 5.32 Å². The van der Waals surface area contributed by atoms with Gasteiger partial charge in [-0.25, -0.2) is 4.79 Å². The van der Waals surface area contributed by atoms with Crippen LogP contribution in [0.15, 0.2) is 48.5 Å². The van der Waals surface area contributed by atoms with E-state index in [0.717, 1.165) is 30.2 Å². The zero-order valence-electron chi connectivity index (χ0n) is 18.0. The van der Waals surface area contributed by atoms with Crippen LogP contribution in [0.4, 0.5) is 10.5 Å². The van der Waals surface area contributed by atoms with Crippen molar-refractivity contribution in [3.05, 3.63) is 64.1 Å². The molecular weight excluding hydrogens is 427 g/mol. The van der Waals surface area contributed by atoms with E-state index in [9.17, 15) is 4.79 Å². The monoisotopic (exact) mass is 458 g/mol. The highest BCUT2D eigenvalue weighted by atomic mass is 35.5. The average molecular weight is 459 g/mol. The molecule has 31 heavy (non-hydrogen) atoms. The number of amides is 2. The molecule has 166 valence electrons. The lowest BCUT2D eigenvalue weighted by molar-refractivity contribution is 0.120. The van der Waals surface area contributed by atoms with Crippen LogP contribution in [0, 0.1) is 11.8 Å². The molecule has 0 atom stereocenters. The van der Waals surface area contributed by atoms with Crippen molar-refractivity contribution in [2.75, 3.05) is 5.32 Å². The van der Waals surface area contributed by atoms with Crippen LogP contribution in [0.3, 0.4) is 0 Å². The highest BCUT2D eigenvalue weighted by Gasteiger charge is 2.33. The van der Waals surface area contributed by atoms with Crippen molar-refractivity contribution in [1.29, 1.82) is 0 Å². The van der Waals surface area contributed by atoms with E-state index in [-0.39, 0.29) is 12.1 Å². The van der Waals surface area contributed by atoms with Crippen molar-refractivity contribution < 1.29 is 4.79 Å². The molecule has 0 saturated heterocycles. The molecule has 0 spiro atoms. The quantitative estimate of drug-likeness (QED) is 0.481. The summed E-state index contributed by atoms with van der Waals surface area (Å²) in [6, 6.07) is 15.6. The molecule has 2 aliphatic rings. The number of carbonyl (C=O) groups excluding carboxylic acids is 1. The molecule has 2 aromatic carbocycles. The minimum atomic E-state index is -0.125. The van der Waals surface area contributed by atoms with E-state index >= 15 is 0 Å². The molecule has 2 amide bonds. The highest BCUT2D eigenvalue weighted by molar-refractivity contribution is 6.39. The molecule has 1 N–H and O–H groups in total. The van der Waals surface area contributed by atoms with Crippen LogP contribution in [0.25, 0.3) is 0 Å². The minimum absolute atomic E-state index is 0.125. The molecule has 2 aliphatic carbocycles. The number of hydrogen-bond donors (Lipinski definition) is 1. The van der Waals surface area contributed by atoms with Crippen molar-refractivity contribution in [3.8, 4) is 0 Å². The number of hydrogen-bond acceptors (Lipinski definition) is 1.